The number of nitro benzene ring substituents is 1. The number of carbonyl (C=O) groups excluding carboxylic acids is 1. The van der Waals surface area contributed by atoms with Gasteiger partial charge in [0, 0.05) is 40.4 Å². The van der Waals surface area contributed by atoms with Crippen molar-refractivity contribution < 1.29 is 9.72 Å². The summed E-state index contributed by atoms with van der Waals surface area (Å²) in [5.74, 6) is 0.494. The van der Waals surface area contributed by atoms with Gasteiger partial charge in [-0.2, -0.15) is 10.1 Å². The Bertz CT molecular complexity index is 904. The van der Waals surface area contributed by atoms with E-state index >= 15 is 0 Å². The van der Waals surface area contributed by atoms with Crippen LogP contribution >= 0.6 is 11.6 Å². The summed E-state index contributed by atoms with van der Waals surface area (Å²) in [6.45, 7) is 0. The number of hydrogen-bond donors (Lipinski definition) is 1. The number of anilines is 1. The van der Waals surface area contributed by atoms with E-state index in [2.05, 4.69) is 15.4 Å². The molecule has 2 heterocycles. The molecule has 1 aliphatic heterocycles. The number of halogens is 1. The maximum Gasteiger partial charge on any atom is 0.269 e. The van der Waals surface area contributed by atoms with E-state index in [4.69, 9.17) is 11.6 Å². The zero-order valence-corrected chi connectivity index (χ0v) is 13.2. The first-order chi connectivity index (χ1) is 11.6. The van der Waals surface area contributed by atoms with Gasteiger partial charge in [0.15, 0.2) is 5.78 Å². The van der Waals surface area contributed by atoms with Crippen LogP contribution in [0.2, 0.25) is 5.02 Å². The van der Waals surface area contributed by atoms with Crippen LogP contribution in [0.25, 0.3) is 0 Å². The largest absolute Gasteiger partial charge is 0.328 e. The minimum Gasteiger partial charge on any atom is -0.328 e. The molecule has 2 aliphatic rings. The molecular formula is C15H12ClN5O3. The lowest BCUT2D eigenvalue weighted by atomic mass is 9.85. The Hall–Kier alpha value is -2.74. The number of non-ortho nitro benzene ring substituents is 1. The highest BCUT2D eigenvalue weighted by Crippen LogP contribution is 2.42. The lowest BCUT2D eigenvalue weighted by molar-refractivity contribution is -0.384. The third-order valence-electron chi connectivity index (χ3n) is 4.29. The monoisotopic (exact) mass is 345 g/mol. The number of hydrogen-bond acceptors (Lipinski definition) is 6. The molecule has 0 radical (unpaired) electrons. The molecule has 1 aliphatic carbocycles. The van der Waals surface area contributed by atoms with Crippen LogP contribution in [-0.4, -0.2) is 25.5 Å². The molecule has 0 fully saturated rings. The van der Waals surface area contributed by atoms with Crippen LogP contribution in [0, 0.1) is 10.1 Å². The highest BCUT2D eigenvalue weighted by atomic mass is 35.5. The number of nitrogens with one attached hydrogen (secondary N) is 1. The summed E-state index contributed by atoms with van der Waals surface area (Å²) in [7, 11) is 0. The van der Waals surface area contributed by atoms with Crippen LogP contribution < -0.4 is 5.32 Å². The molecule has 0 spiro atoms. The van der Waals surface area contributed by atoms with Crippen molar-refractivity contribution in [3.05, 3.63) is 56.5 Å². The molecule has 1 atom stereocenters. The Labute approximate surface area is 141 Å². The van der Waals surface area contributed by atoms with Crippen LogP contribution in [-0.2, 0) is 4.79 Å². The third-order valence-corrected chi connectivity index (χ3v) is 4.64. The topological polar surface area (TPSA) is 103 Å². The van der Waals surface area contributed by atoms with Gasteiger partial charge in [0.2, 0.25) is 5.95 Å². The quantitative estimate of drug-likeness (QED) is 0.663. The lowest BCUT2D eigenvalue weighted by Gasteiger charge is -2.32. The fourth-order valence-electron chi connectivity index (χ4n) is 3.24. The van der Waals surface area contributed by atoms with Gasteiger partial charge >= 0.3 is 0 Å². The maximum atomic E-state index is 12.5. The van der Waals surface area contributed by atoms with Gasteiger partial charge in [0.25, 0.3) is 5.69 Å². The van der Waals surface area contributed by atoms with Crippen molar-refractivity contribution in [3.63, 3.8) is 0 Å². The Morgan fingerprint density at radius 1 is 1.38 bits per heavy atom. The van der Waals surface area contributed by atoms with E-state index in [1.807, 2.05) is 0 Å². The Morgan fingerprint density at radius 3 is 3.00 bits per heavy atom. The molecule has 1 aromatic heterocycles. The van der Waals surface area contributed by atoms with E-state index in [-0.39, 0.29) is 11.5 Å². The minimum atomic E-state index is -0.612. The van der Waals surface area contributed by atoms with Crippen molar-refractivity contribution in [1.29, 1.82) is 0 Å². The predicted octanol–water partition coefficient (Wildman–Crippen LogP) is 2.86. The second kappa shape index (κ2) is 5.41. The van der Waals surface area contributed by atoms with Gasteiger partial charge in [-0.3, -0.25) is 14.9 Å². The van der Waals surface area contributed by atoms with E-state index in [9.17, 15) is 14.9 Å². The number of carbonyl (C=O) groups is 1. The van der Waals surface area contributed by atoms with E-state index in [1.165, 1.54) is 24.5 Å². The number of Topliss-reactive ketones (excluding diaryl/α,β-unsaturated/α-hetero) is 1. The number of rotatable bonds is 2. The van der Waals surface area contributed by atoms with Crippen molar-refractivity contribution in [1.82, 2.24) is 14.8 Å². The molecule has 8 nitrogen and oxygen atoms in total. The first-order valence-electron chi connectivity index (χ1n) is 7.43. The molecule has 1 N–H and O–H groups in total. The lowest BCUT2D eigenvalue weighted by Crippen LogP contribution is -2.31. The summed E-state index contributed by atoms with van der Waals surface area (Å²) >= 11 is 6.31. The van der Waals surface area contributed by atoms with Gasteiger partial charge in [-0.25, -0.2) is 4.68 Å². The number of ketones is 1. The minimum absolute atomic E-state index is 0.00234. The summed E-state index contributed by atoms with van der Waals surface area (Å²) in [5.41, 5.74) is 1.74. The average molecular weight is 346 g/mol. The van der Waals surface area contributed by atoms with Crippen LogP contribution in [0.4, 0.5) is 11.6 Å². The molecule has 0 saturated carbocycles. The SMILES string of the molecule is O=C1CCCC2=C1C(c1cc([N+](=O)[O-])ccc1Cl)n1ncnc1N2. The highest BCUT2D eigenvalue weighted by Gasteiger charge is 2.37. The predicted molar refractivity (Wildman–Crippen MR) is 85.8 cm³/mol. The zero-order chi connectivity index (χ0) is 16.8. The summed E-state index contributed by atoms with van der Waals surface area (Å²) in [4.78, 5) is 27.3. The Kier molecular flexibility index (Phi) is 3.34. The van der Waals surface area contributed by atoms with Crippen molar-refractivity contribution in [2.75, 3.05) is 5.32 Å². The molecule has 0 amide bonds. The van der Waals surface area contributed by atoms with Gasteiger partial charge in [0.05, 0.1) is 4.92 Å². The van der Waals surface area contributed by atoms with Crippen molar-refractivity contribution in [3.8, 4) is 0 Å². The van der Waals surface area contributed by atoms with E-state index in [1.54, 1.807) is 4.68 Å². The first-order valence-corrected chi connectivity index (χ1v) is 7.80. The normalized spacial score (nSPS) is 19.5. The Balaban J connectivity index is 1.95. The zero-order valence-electron chi connectivity index (χ0n) is 12.4. The smallest absolute Gasteiger partial charge is 0.269 e. The highest BCUT2D eigenvalue weighted by molar-refractivity contribution is 6.31. The van der Waals surface area contributed by atoms with Crippen molar-refractivity contribution in [2.24, 2.45) is 0 Å². The average Bonchev–Trinajstić information content (AvgIpc) is 3.01. The molecule has 4 rings (SSSR count). The summed E-state index contributed by atoms with van der Waals surface area (Å²) in [6.07, 6.45) is 3.29. The molecular weight excluding hydrogens is 334 g/mol. The fraction of sp³-hybridized carbons (Fsp3) is 0.267. The third kappa shape index (κ3) is 2.18. The first kappa shape index (κ1) is 14.8. The van der Waals surface area contributed by atoms with Crippen LogP contribution in [0.3, 0.4) is 0 Å². The summed E-state index contributed by atoms with van der Waals surface area (Å²) in [5, 5.41) is 18.8. The standard InChI is InChI=1S/C15H12ClN5O3/c16-10-5-4-8(21(23)24)6-9(10)14-13-11(2-1-3-12(13)22)19-15-17-7-18-20(14)15/h4-7,14H,1-3H2,(H,17,18,19). The summed E-state index contributed by atoms with van der Waals surface area (Å²) in [6, 6.07) is 3.60. The van der Waals surface area contributed by atoms with Crippen molar-refractivity contribution in [2.45, 2.75) is 25.3 Å². The van der Waals surface area contributed by atoms with Gasteiger partial charge in [0.1, 0.15) is 12.4 Å². The fourth-order valence-corrected chi connectivity index (χ4v) is 3.46. The number of nitrogens with zero attached hydrogens (tertiary/aromatic N) is 4. The second-order valence-corrected chi connectivity index (χ2v) is 6.09. The van der Waals surface area contributed by atoms with Gasteiger partial charge in [-0.05, 0) is 18.9 Å². The molecule has 122 valence electrons. The molecule has 9 heteroatoms. The number of allylic oxidation sites excluding steroid dienone is 2. The van der Waals surface area contributed by atoms with Crippen molar-refractivity contribution >= 4 is 29.0 Å². The number of fused-ring (bicyclic) bond motifs is 1. The van der Waals surface area contributed by atoms with E-state index in [0.29, 0.717) is 28.5 Å². The van der Waals surface area contributed by atoms with Gasteiger partial charge in [-0.15, -0.1) is 0 Å². The molecule has 0 saturated heterocycles. The maximum absolute atomic E-state index is 12.5. The molecule has 2 aromatic rings. The molecule has 0 bridgehead atoms. The molecule has 24 heavy (non-hydrogen) atoms. The Morgan fingerprint density at radius 2 is 2.21 bits per heavy atom. The van der Waals surface area contributed by atoms with Crippen LogP contribution in [0.5, 0.6) is 0 Å². The molecule has 1 unspecified atom stereocenters. The van der Waals surface area contributed by atoms with Crippen LogP contribution in [0.15, 0.2) is 35.8 Å². The number of nitro groups is 1. The summed E-state index contributed by atoms with van der Waals surface area (Å²) < 4.78 is 1.55. The van der Waals surface area contributed by atoms with Gasteiger partial charge < -0.3 is 5.32 Å². The second-order valence-electron chi connectivity index (χ2n) is 5.69. The van der Waals surface area contributed by atoms with Gasteiger partial charge in [-0.1, -0.05) is 11.6 Å². The van der Waals surface area contributed by atoms with E-state index < -0.39 is 11.0 Å². The number of benzene rings is 1. The number of aromatic nitrogens is 3. The van der Waals surface area contributed by atoms with Crippen LogP contribution in [0.1, 0.15) is 30.9 Å². The molecule has 1 aromatic carbocycles. The van der Waals surface area contributed by atoms with E-state index in [0.717, 1.165) is 18.5 Å².